The van der Waals surface area contributed by atoms with Crippen LogP contribution in [-0.4, -0.2) is 18.9 Å². The molecule has 0 radical (unpaired) electrons. The lowest BCUT2D eigenvalue weighted by Crippen LogP contribution is -2.22. The van der Waals surface area contributed by atoms with Crippen LogP contribution in [0.2, 0.25) is 13.1 Å². The molecule has 0 atom stereocenters. The topological polar surface area (TPSA) is 37.3 Å². The first-order valence-corrected chi connectivity index (χ1v) is 7.70. The van der Waals surface area contributed by atoms with E-state index in [1.165, 1.54) is 6.92 Å². The molecule has 2 nitrogen and oxygen atoms in total. The second-order valence-electron chi connectivity index (χ2n) is 3.94. The summed E-state index contributed by atoms with van der Waals surface area (Å²) in [5.74, 6) is 2.95. The molecule has 0 amide bonds. The smallest absolute Gasteiger partial charge is 0.263 e. The summed E-state index contributed by atoms with van der Waals surface area (Å²) in [6.45, 7) is 5.07. The van der Waals surface area contributed by atoms with Crippen LogP contribution in [0.5, 0.6) is 0 Å². The first kappa shape index (κ1) is 11.7. The largest absolute Gasteiger partial charge is 0.422 e. The zero-order valence-corrected chi connectivity index (χ0v) is 10.2. The van der Waals surface area contributed by atoms with Gasteiger partial charge in [-0.05, 0) is 32.2 Å². The van der Waals surface area contributed by atoms with Gasteiger partial charge in [-0.15, -0.1) is 0 Å². The minimum absolute atomic E-state index is 0.0476. The van der Waals surface area contributed by atoms with Gasteiger partial charge in [0.2, 0.25) is 0 Å². The normalized spacial score (nSPS) is 10.4. The predicted octanol–water partition coefficient (Wildman–Crippen LogP) is 1.98. The van der Waals surface area contributed by atoms with Crippen molar-refractivity contribution in [2.24, 2.45) is 0 Å². The van der Waals surface area contributed by atoms with E-state index >= 15 is 0 Å². The van der Waals surface area contributed by atoms with Gasteiger partial charge in [0.15, 0.2) is 5.78 Å². The molecule has 0 aliphatic rings. The first-order chi connectivity index (χ1) is 6.88. The van der Waals surface area contributed by atoms with Crippen LogP contribution in [0, 0.1) is 11.5 Å². The van der Waals surface area contributed by atoms with E-state index in [0.29, 0.717) is 5.56 Å². The van der Waals surface area contributed by atoms with Gasteiger partial charge in [0.1, 0.15) is 0 Å². The van der Waals surface area contributed by atoms with Gasteiger partial charge in [0.05, 0.1) is 0 Å². The van der Waals surface area contributed by atoms with E-state index < -0.39 is 8.32 Å². The van der Waals surface area contributed by atoms with Crippen molar-refractivity contribution in [1.29, 1.82) is 0 Å². The van der Waals surface area contributed by atoms with Crippen molar-refractivity contribution in [2.75, 3.05) is 0 Å². The van der Waals surface area contributed by atoms with E-state index in [9.17, 15) is 9.59 Å². The SMILES string of the molecule is CC(=O)c1ccc(C#C[Si](C)(C)O)cc1. The highest BCUT2D eigenvalue weighted by Crippen LogP contribution is 2.04. The van der Waals surface area contributed by atoms with Crippen molar-refractivity contribution < 1.29 is 9.59 Å². The summed E-state index contributed by atoms with van der Waals surface area (Å²) in [6, 6.07) is 7.09. The van der Waals surface area contributed by atoms with Crippen molar-refractivity contribution in [1.82, 2.24) is 0 Å². The van der Waals surface area contributed by atoms with Gasteiger partial charge in [-0.2, -0.15) is 0 Å². The molecule has 0 bridgehead atoms. The Kier molecular flexibility index (Phi) is 3.46. The highest BCUT2D eigenvalue weighted by molar-refractivity contribution is 6.78. The number of carbonyl (C=O) groups is 1. The van der Waals surface area contributed by atoms with Crippen LogP contribution in [0.1, 0.15) is 22.8 Å². The van der Waals surface area contributed by atoms with Gasteiger partial charge in [-0.3, -0.25) is 4.79 Å². The number of ketones is 1. The van der Waals surface area contributed by atoms with Gasteiger partial charge in [-0.25, -0.2) is 0 Å². The average Bonchev–Trinajstić information content (AvgIpc) is 2.14. The maximum atomic E-state index is 11.0. The van der Waals surface area contributed by atoms with Crippen LogP contribution in [0.4, 0.5) is 0 Å². The molecule has 3 heteroatoms. The molecule has 0 spiro atoms. The number of hydrogen-bond acceptors (Lipinski definition) is 2. The molecule has 0 aliphatic carbocycles. The standard InChI is InChI=1S/C12H14O2Si/c1-10(13)12-6-4-11(5-7-12)8-9-15(2,3)14/h4-7,14H,1-3H3. The average molecular weight is 218 g/mol. The molecule has 0 saturated heterocycles. The van der Waals surface area contributed by atoms with Gasteiger partial charge in [-0.1, -0.05) is 23.6 Å². The summed E-state index contributed by atoms with van der Waals surface area (Å²) in [6.07, 6.45) is 0. The molecule has 15 heavy (non-hydrogen) atoms. The Labute approximate surface area is 91.1 Å². The summed E-state index contributed by atoms with van der Waals surface area (Å²) in [5.41, 5.74) is 4.36. The summed E-state index contributed by atoms with van der Waals surface area (Å²) >= 11 is 0. The minimum atomic E-state index is -2.30. The summed E-state index contributed by atoms with van der Waals surface area (Å²) in [5, 5.41) is 0. The Hall–Kier alpha value is -1.37. The third kappa shape index (κ3) is 4.11. The highest BCUT2D eigenvalue weighted by Gasteiger charge is 2.11. The molecule has 1 N–H and O–H groups in total. The molecular formula is C12H14O2Si. The van der Waals surface area contributed by atoms with E-state index in [1.54, 1.807) is 37.4 Å². The van der Waals surface area contributed by atoms with E-state index in [4.69, 9.17) is 0 Å². The Balaban J connectivity index is 2.89. The third-order valence-corrected chi connectivity index (χ3v) is 2.54. The fourth-order valence-electron chi connectivity index (χ4n) is 1.01. The number of rotatable bonds is 1. The fraction of sp³-hybridized carbons (Fsp3) is 0.250. The zero-order chi connectivity index (χ0) is 11.5. The molecule has 0 aliphatic heterocycles. The van der Waals surface area contributed by atoms with E-state index in [2.05, 4.69) is 11.5 Å². The monoisotopic (exact) mass is 218 g/mol. The molecule has 78 valence electrons. The molecule has 0 unspecified atom stereocenters. The Morgan fingerprint density at radius 3 is 2.20 bits per heavy atom. The lowest BCUT2D eigenvalue weighted by molar-refractivity contribution is 0.101. The molecule has 0 aromatic heterocycles. The second kappa shape index (κ2) is 4.43. The Morgan fingerprint density at radius 2 is 1.80 bits per heavy atom. The van der Waals surface area contributed by atoms with E-state index in [-0.39, 0.29) is 5.78 Å². The van der Waals surface area contributed by atoms with Crippen LogP contribution in [-0.2, 0) is 0 Å². The lowest BCUT2D eigenvalue weighted by Gasteiger charge is -2.01. The maximum Gasteiger partial charge on any atom is 0.263 e. The van der Waals surface area contributed by atoms with Gasteiger partial charge in [0, 0.05) is 11.1 Å². The maximum absolute atomic E-state index is 11.0. The van der Waals surface area contributed by atoms with Gasteiger partial charge in [0.25, 0.3) is 8.32 Å². The number of carbonyl (C=O) groups excluding carboxylic acids is 1. The van der Waals surface area contributed by atoms with Crippen molar-refractivity contribution >= 4 is 14.1 Å². The van der Waals surface area contributed by atoms with Crippen LogP contribution in [0.15, 0.2) is 24.3 Å². The molecule has 1 rings (SSSR count). The zero-order valence-electron chi connectivity index (χ0n) is 9.16. The second-order valence-corrected chi connectivity index (χ2v) is 7.31. The van der Waals surface area contributed by atoms with E-state index in [1.807, 2.05) is 0 Å². The molecular weight excluding hydrogens is 204 g/mol. The van der Waals surface area contributed by atoms with E-state index in [0.717, 1.165) is 5.56 Å². The Bertz CT molecular complexity index is 416. The first-order valence-electron chi connectivity index (χ1n) is 4.75. The van der Waals surface area contributed by atoms with Crippen LogP contribution < -0.4 is 0 Å². The highest BCUT2D eigenvalue weighted by atomic mass is 28.4. The van der Waals surface area contributed by atoms with Crippen molar-refractivity contribution in [3.8, 4) is 11.5 Å². The van der Waals surface area contributed by atoms with Crippen molar-refractivity contribution in [3.63, 3.8) is 0 Å². The predicted molar refractivity (Wildman–Crippen MR) is 63.0 cm³/mol. The Morgan fingerprint density at radius 1 is 1.27 bits per heavy atom. The van der Waals surface area contributed by atoms with Crippen LogP contribution in [0.3, 0.4) is 0 Å². The number of benzene rings is 1. The number of hydrogen-bond donors (Lipinski definition) is 1. The molecule has 0 saturated carbocycles. The third-order valence-electron chi connectivity index (χ3n) is 1.80. The van der Waals surface area contributed by atoms with Crippen molar-refractivity contribution in [3.05, 3.63) is 35.4 Å². The van der Waals surface area contributed by atoms with Gasteiger partial charge >= 0.3 is 0 Å². The summed E-state index contributed by atoms with van der Waals surface area (Å²) in [4.78, 5) is 20.5. The van der Waals surface area contributed by atoms with Crippen molar-refractivity contribution in [2.45, 2.75) is 20.0 Å². The quantitative estimate of drug-likeness (QED) is 0.444. The number of Topliss-reactive ketones (excluding diaryl/α,β-unsaturated/α-hetero) is 1. The van der Waals surface area contributed by atoms with Crippen LogP contribution >= 0.6 is 0 Å². The van der Waals surface area contributed by atoms with Crippen LogP contribution in [0.25, 0.3) is 0 Å². The molecule has 0 fully saturated rings. The summed E-state index contributed by atoms with van der Waals surface area (Å²) in [7, 11) is -2.30. The minimum Gasteiger partial charge on any atom is -0.422 e. The van der Waals surface area contributed by atoms with Gasteiger partial charge < -0.3 is 4.80 Å². The molecule has 1 aromatic carbocycles. The summed E-state index contributed by atoms with van der Waals surface area (Å²) < 4.78 is 0. The lowest BCUT2D eigenvalue weighted by atomic mass is 10.1. The fourth-order valence-corrected chi connectivity index (χ4v) is 1.46. The molecule has 1 aromatic rings. The molecule has 0 heterocycles.